The van der Waals surface area contributed by atoms with Crippen LogP contribution in [0.15, 0.2) is 54.6 Å². The number of hydrogen-bond acceptors (Lipinski definition) is 3. The highest BCUT2D eigenvalue weighted by Crippen LogP contribution is 2.24. The molecule has 1 aliphatic heterocycles. The van der Waals surface area contributed by atoms with Crippen LogP contribution < -0.4 is 16.0 Å². The first-order chi connectivity index (χ1) is 11.4. The molecule has 0 spiro atoms. The SMILES string of the molecule is CCNc1ccccc1CN[C@H]1CCCN[C@H]1c1ccccc1.Cl. The quantitative estimate of drug-likeness (QED) is 0.737. The molecule has 0 aliphatic carbocycles. The van der Waals surface area contributed by atoms with E-state index in [2.05, 4.69) is 77.5 Å². The molecule has 1 saturated heterocycles. The molecule has 1 aliphatic rings. The number of para-hydroxylation sites is 1. The lowest BCUT2D eigenvalue weighted by atomic mass is 9.92. The van der Waals surface area contributed by atoms with E-state index in [0.717, 1.165) is 19.6 Å². The average molecular weight is 346 g/mol. The zero-order valence-corrected chi connectivity index (χ0v) is 15.1. The number of anilines is 1. The van der Waals surface area contributed by atoms with Crippen molar-refractivity contribution < 1.29 is 0 Å². The zero-order chi connectivity index (χ0) is 15.9. The van der Waals surface area contributed by atoms with Gasteiger partial charge in [0.2, 0.25) is 0 Å². The smallest absolute Gasteiger partial charge is 0.0476 e. The molecule has 2 aromatic rings. The van der Waals surface area contributed by atoms with Gasteiger partial charge in [-0.15, -0.1) is 12.4 Å². The van der Waals surface area contributed by atoms with E-state index < -0.39 is 0 Å². The number of hydrogen-bond donors (Lipinski definition) is 3. The average Bonchev–Trinajstić information content (AvgIpc) is 2.62. The van der Waals surface area contributed by atoms with Crippen LogP contribution in [0, 0.1) is 0 Å². The van der Waals surface area contributed by atoms with Crippen LogP contribution in [0.1, 0.15) is 36.9 Å². The molecular weight excluding hydrogens is 318 g/mol. The van der Waals surface area contributed by atoms with E-state index in [4.69, 9.17) is 0 Å². The Bertz CT molecular complexity index is 603. The van der Waals surface area contributed by atoms with Crippen molar-refractivity contribution in [3.8, 4) is 0 Å². The Morgan fingerprint density at radius 3 is 2.58 bits per heavy atom. The summed E-state index contributed by atoms with van der Waals surface area (Å²) in [6, 6.07) is 20.2. The maximum absolute atomic E-state index is 3.78. The van der Waals surface area contributed by atoms with Crippen LogP contribution in [-0.4, -0.2) is 19.1 Å². The summed E-state index contributed by atoms with van der Waals surface area (Å²) in [6.07, 6.45) is 2.45. The predicted molar refractivity (Wildman–Crippen MR) is 105 cm³/mol. The van der Waals surface area contributed by atoms with Crippen molar-refractivity contribution in [1.29, 1.82) is 0 Å². The topological polar surface area (TPSA) is 36.1 Å². The maximum atomic E-state index is 3.78. The third-order valence-electron chi connectivity index (χ3n) is 4.56. The fourth-order valence-electron chi connectivity index (χ4n) is 3.40. The normalized spacial score (nSPS) is 20.2. The molecule has 0 amide bonds. The van der Waals surface area contributed by atoms with E-state index in [9.17, 15) is 0 Å². The lowest BCUT2D eigenvalue weighted by Gasteiger charge is -2.34. The number of benzene rings is 2. The van der Waals surface area contributed by atoms with Gasteiger partial charge in [0.15, 0.2) is 0 Å². The van der Waals surface area contributed by atoms with Crippen molar-refractivity contribution in [1.82, 2.24) is 10.6 Å². The van der Waals surface area contributed by atoms with Gasteiger partial charge in [-0.2, -0.15) is 0 Å². The van der Waals surface area contributed by atoms with Crippen LogP contribution in [0.2, 0.25) is 0 Å². The minimum absolute atomic E-state index is 0. The molecule has 2 aromatic carbocycles. The van der Waals surface area contributed by atoms with Crippen LogP contribution in [0.3, 0.4) is 0 Å². The van der Waals surface area contributed by atoms with E-state index >= 15 is 0 Å². The molecule has 3 nitrogen and oxygen atoms in total. The lowest BCUT2D eigenvalue weighted by molar-refractivity contribution is 0.305. The molecule has 2 atom stereocenters. The standard InChI is InChI=1S/C20H27N3.ClH/c1-2-21-18-12-7-6-11-17(18)15-23-19-13-8-14-22-20(19)16-9-4-3-5-10-16;/h3-7,9-12,19-23H,2,8,13-15H2,1H3;1H/t19-,20-;/m0./s1. The van der Waals surface area contributed by atoms with E-state index in [1.165, 1.54) is 29.7 Å². The number of halogens is 1. The summed E-state index contributed by atoms with van der Waals surface area (Å²) in [4.78, 5) is 0. The van der Waals surface area contributed by atoms with Gasteiger partial charge in [0, 0.05) is 30.9 Å². The van der Waals surface area contributed by atoms with Gasteiger partial charge in [-0.3, -0.25) is 0 Å². The summed E-state index contributed by atoms with van der Waals surface area (Å²) in [5, 5.41) is 10.9. The Labute approximate surface area is 151 Å². The summed E-state index contributed by atoms with van der Waals surface area (Å²) >= 11 is 0. The summed E-state index contributed by atoms with van der Waals surface area (Å²) in [7, 11) is 0. The van der Waals surface area contributed by atoms with Crippen LogP contribution in [-0.2, 0) is 6.54 Å². The summed E-state index contributed by atoms with van der Waals surface area (Å²) in [5.41, 5.74) is 3.96. The number of rotatable bonds is 6. The Morgan fingerprint density at radius 2 is 1.79 bits per heavy atom. The fraction of sp³-hybridized carbons (Fsp3) is 0.400. The lowest BCUT2D eigenvalue weighted by Crippen LogP contribution is -2.45. The van der Waals surface area contributed by atoms with Crippen molar-refractivity contribution in [3.05, 3.63) is 65.7 Å². The molecule has 1 heterocycles. The second kappa shape index (κ2) is 9.67. The van der Waals surface area contributed by atoms with Gasteiger partial charge in [-0.25, -0.2) is 0 Å². The van der Waals surface area contributed by atoms with Crippen molar-refractivity contribution in [2.24, 2.45) is 0 Å². The first-order valence-electron chi connectivity index (χ1n) is 8.72. The van der Waals surface area contributed by atoms with E-state index in [1.807, 2.05) is 0 Å². The molecule has 4 heteroatoms. The second-order valence-electron chi connectivity index (χ2n) is 6.16. The van der Waals surface area contributed by atoms with Crippen molar-refractivity contribution >= 4 is 18.1 Å². The van der Waals surface area contributed by atoms with Crippen LogP contribution in [0.4, 0.5) is 5.69 Å². The highest BCUT2D eigenvalue weighted by molar-refractivity contribution is 5.85. The largest absolute Gasteiger partial charge is 0.385 e. The first kappa shape index (κ1) is 18.8. The Kier molecular flexibility index (Phi) is 7.57. The Balaban J connectivity index is 0.00000208. The third-order valence-corrected chi connectivity index (χ3v) is 4.56. The first-order valence-corrected chi connectivity index (χ1v) is 8.72. The van der Waals surface area contributed by atoms with Crippen LogP contribution >= 0.6 is 12.4 Å². The van der Waals surface area contributed by atoms with Gasteiger partial charge in [-0.05, 0) is 43.5 Å². The third kappa shape index (κ3) is 4.73. The van der Waals surface area contributed by atoms with Gasteiger partial charge in [-0.1, -0.05) is 48.5 Å². The zero-order valence-electron chi connectivity index (χ0n) is 14.3. The molecule has 0 aromatic heterocycles. The van der Waals surface area contributed by atoms with Crippen LogP contribution in [0.25, 0.3) is 0 Å². The monoisotopic (exact) mass is 345 g/mol. The molecular formula is C20H28ClN3. The summed E-state index contributed by atoms with van der Waals surface area (Å²) in [5.74, 6) is 0. The Morgan fingerprint density at radius 1 is 1.04 bits per heavy atom. The Hall–Kier alpha value is -1.55. The maximum Gasteiger partial charge on any atom is 0.0476 e. The van der Waals surface area contributed by atoms with Gasteiger partial charge < -0.3 is 16.0 Å². The fourth-order valence-corrected chi connectivity index (χ4v) is 3.40. The van der Waals surface area contributed by atoms with E-state index in [-0.39, 0.29) is 12.4 Å². The van der Waals surface area contributed by atoms with Crippen molar-refractivity contribution in [2.75, 3.05) is 18.4 Å². The number of piperidine rings is 1. The van der Waals surface area contributed by atoms with Gasteiger partial charge >= 0.3 is 0 Å². The number of nitrogens with one attached hydrogen (secondary N) is 3. The van der Waals surface area contributed by atoms with Crippen molar-refractivity contribution in [3.63, 3.8) is 0 Å². The van der Waals surface area contributed by atoms with Crippen LogP contribution in [0.5, 0.6) is 0 Å². The van der Waals surface area contributed by atoms with Gasteiger partial charge in [0.05, 0.1) is 0 Å². The molecule has 0 saturated carbocycles. The molecule has 0 radical (unpaired) electrons. The van der Waals surface area contributed by atoms with Gasteiger partial charge in [0.25, 0.3) is 0 Å². The summed E-state index contributed by atoms with van der Waals surface area (Å²) in [6.45, 7) is 5.10. The highest BCUT2D eigenvalue weighted by atomic mass is 35.5. The molecule has 3 rings (SSSR count). The van der Waals surface area contributed by atoms with E-state index in [0.29, 0.717) is 12.1 Å². The molecule has 24 heavy (non-hydrogen) atoms. The molecule has 0 bridgehead atoms. The van der Waals surface area contributed by atoms with E-state index in [1.54, 1.807) is 0 Å². The molecule has 130 valence electrons. The molecule has 1 fully saturated rings. The second-order valence-corrected chi connectivity index (χ2v) is 6.16. The molecule has 3 N–H and O–H groups in total. The highest BCUT2D eigenvalue weighted by Gasteiger charge is 2.25. The molecule has 0 unspecified atom stereocenters. The minimum Gasteiger partial charge on any atom is -0.385 e. The minimum atomic E-state index is 0. The summed E-state index contributed by atoms with van der Waals surface area (Å²) < 4.78 is 0. The van der Waals surface area contributed by atoms with Gasteiger partial charge in [0.1, 0.15) is 0 Å². The predicted octanol–water partition coefficient (Wildman–Crippen LogP) is 4.12. The van der Waals surface area contributed by atoms with Crippen molar-refractivity contribution in [2.45, 2.75) is 38.4 Å².